The molecule has 2 saturated heterocycles. The summed E-state index contributed by atoms with van der Waals surface area (Å²) >= 11 is 0. The van der Waals surface area contributed by atoms with Crippen LogP contribution in [0.25, 0.3) is 0 Å². The van der Waals surface area contributed by atoms with Crippen LogP contribution in [0.4, 0.5) is 5.95 Å². The molecule has 0 aromatic carbocycles. The first kappa shape index (κ1) is 21.0. The van der Waals surface area contributed by atoms with Gasteiger partial charge in [0, 0.05) is 52.5 Å². The van der Waals surface area contributed by atoms with E-state index in [1.54, 1.807) is 6.20 Å². The van der Waals surface area contributed by atoms with Gasteiger partial charge in [0.2, 0.25) is 5.95 Å². The molecule has 3 heterocycles. The largest absolute Gasteiger partial charge is 0.379 e. The number of nitrogens with zero attached hydrogens (tertiary/aromatic N) is 6. The SMILES string of the molecule is Cc1nc(N(C)C)ncc1C(=O)N(CCN1CCOCC1)C1CCN(C)CC1. The lowest BCUT2D eigenvalue weighted by Gasteiger charge is -2.39. The monoisotopic (exact) mass is 390 g/mol. The third kappa shape index (κ3) is 5.18. The maximum absolute atomic E-state index is 13.5. The number of piperidine rings is 1. The molecule has 28 heavy (non-hydrogen) atoms. The molecule has 1 amide bonds. The Balaban J connectivity index is 1.75. The van der Waals surface area contributed by atoms with Crippen LogP contribution in [0.5, 0.6) is 0 Å². The summed E-state index contributed by atoms with van der Waals surface area (Å²) in [6, 6.07) is 0.276. The molecule has 2 fully saturated rings. The molecule has 0 saturated carbocycles. The summed E-state index contributed by atoms with van der Waals surface area (Å²) in [6.45, 7) is 9.02. The van der Waals surface area contributed by atoms with Crippen LogP contribution in [0.2, 0.25) is 0 Å². The predicted octanol–water partition coefficient (Wildman–Crippen LogP) is 0.720. The molecule has 1 aromatic rings. The van der Waals surface area contributed by atoms with Crippen molar-refractivity contribution >= 4 is 11.9 Å². The first-order valence-corrected chi connectivity index (χ1v) is 10.3. The van der Waals surface area contributed by atoms with Crippen LogP contribution in [0.3, 0.4) is 0 Å². The average Bonchev–Trinajstić information content (AvgIpc) is 2.70. The molecule has 3 rings (SSSR count). The van der Waals surface area contributed by atoms with E-state index in [1.807, 2.05) is 25.9 Å². The Bertz CT molecular complexity index is 654. The smallest absolute Gasteiger partial charge is 0.257 e. The Morgan fingerprint density at radius 2 is 1.89 bits per heavy atom. The van der Waals surface area contributed by atoms with Gasteiger partial charge in [-0.2, -0.15) is 0 Å². The first-order chi connectivity index (χ1) is 13.5. The first-order valence-electron chi connectivity index (χ1n) is 10.3. The van der Waals surface area contributed by atoms with E-state index in [0.29, 0.717) is 11.5 Å². The van der Waals surface area contributed by atoms with Crippen LogP contribution in [0, 0.1) is 6.92 Å². The minimum absolute atomic E-state index is 0.0608. The van der Waals surface area contributed by atoms with Gasteiger partial charge < -0.3 is 19.4 Å². The molecule has 2 aliphatic rings. The molecule has 0 atom stereocenters. The Hall–Kier alpha value is -1.77. The fourth-order valence-corrected chi connectivity index (χ4v) is 3.87. The van der Waals surface area contributed by atoms with Crippen molar-refractivity contribution in [1.29, 1.82) is 0 Å². The maximum atomic E-state index is 13.5. The van der Waals surface area contributed by atoms with Gasteiger partial charge in [-0.05, 0) is 39.9 Å². The Morgan fingerprint density at radius 1 is 1.21 bits per heavy atom. The van der Waals surface area contributed by atoms with Crippen LogP contribution < -0.4 is 4.90 Å². The average molecular weight is 391 g/mol. The fraction of sp³-hybridized carbons (Fsp3) is 0.750. The van der Waals surface area contributed by atoms with Gasteiger partial charge in [0.25, 0.3) is 5.91 Å². The molecule has 156 valence electrons. The van der Waals surface area contributed by atoms with E-state index in [-0.39, 0.29) is 11.9 Å². The lowest BCUT2D eigenvalue weighted by molar-refractivity contribution is 0.0265. The summed E-state index contributed by atoms with van der Waals surface area (Å²) in [5, 5.41) is 0. The Labute approximate surface area is 168 Å². The molecule has 1 aromatic heterocycles. The van der Waals surface area contributed by atoms with Crippen molar-refractivity contribution in [3.63, 3.8) is 0 Å². The van der Waals surface area contributed by atoms with E-state index in [2.05, 4.69) is 31.7 Å². The van der Waals surface area contributed by atoms with Crippen molar-refractivity contribution in [2.45, 2.75) is 25.8 Å². The second-order valence-electron chi connectivity index (χ2n) is 8.05. The number of aromatic nitrogens is 2. The summed E-state index contributed by atoms with van der Waals surface area (Å²) < 4.78 is 5.45. The number of rotatable bonds is 6. The molecule has 0 bridgehead atoms. The molecular weight excluding hydrogens is 356 g/mol. The molecule has 2 aliphatic heterocycles. The van der Waals surface area contributed by atoms with Crippen molar-refractivity contribution in [2.75, 3.05) is 78.5 Å². The van der Waals surface area contributed by atoms with Crippen molar-refractivity contribution in [3.8, 4) is 0 Å². The van der Waals surface area contributed by atoms with Crippen molar-refractivity contribution in [3.05, 3.63) is 17.5 Å². The summed E-state index contributed by atoms with van der Waals surface area (Å²) in [6.07, 6.45) is 3.72. The quantitative estimate of drug-likeness (QED) is 0.709. The number of amides is 1. The van der Waals surface area contributed by atoms with Crippen LogP contribution >= 0.6 is 0 Å². The number of carbonyl (C=O) groups is 1. The van der Waals surface area contributed by atoms with E-state index < -0.39 is 0 Å². The summed E-state index contributed by atoms with van der Waals surface area (Å²) in [5.74, 6) is 0.693. The molecule has 0 aliphatic carbocycles. The third-order valence-corrected chi connectivity index (χ3v) is 5.75. The number of morpholine rings is 1. The molecule has 0 radical (unpaired) electrons. The third-order valence-electron chi connectivity index (χ3n) is 5.75. The van der Waals surface area contributed by atoms with Gasteiger partial charge in [-0.25, -0.2) is 9.97 Å². The zero-order chi connectivity index (χ0) is 20.1. The number of hydrogen-bond acceptors (Lipinski definition) is 7. The van der Waals surface area contributed by atoms with Gasteiger partial charge in [-0.15, -0.1) is 0 Å². The number of carbonyl (C=O) groups excluding carboxylic acids is 1. The van der Waals surface area contributed by atoms with E-state index in [1.165, 1.54) is 0 Å². The van der Waals surface area contributed by atoms with E-state index in [9.17, 15) is 4.79 Å². The Kier molecular flexibility index (Phi) is 7.20. The normalized spacial score (nSPS) is 19.6. The van der Waals surface area contributed by atoms with E-state index >= 15 is 0 Å². The van der Waals surface area contributed by atoms with E-state index in [4.69, 9.17) is 4.74 Å². The molecular formula is C20H34N6O2. The molecule has 8 nitrogen and oxygen atoms in total. The van der Waals surface area contributed by atoms with Crippen LogP contribution in [-0.4, -0.2) is 110 Å². The zero-order valence-electron chi connectivity index (χ0n) is 17.7. The van der Waals surface area contributed by atoms with Crippen molar-refractivity contribution < 1.29 is 9.53 Å². The highest BCUT2D eigenvalue weighted by Crippen LogP contribution is 2.20. The molecule has 0 N–H and O–H groups in total. The van der Waals surface area contributed by atoms with Crippen LogP contribution in [-0.2, 0) is 4.74 Å². The van der Waals surface area contributed by atoms with Gasteiger partial charge in [-0.3, -0.25) is 9.69 Å². The van der Waals surface area contributed by atoms with E-state index in [0.717, 1.165) is 71.0 Å². The second-order valence-corrected chi connectivity index (χ2v) is 8.05. The highest BCUT2D eigenvalue weighted by molar-refractivity contribution is 5.95. The topological polar surface area (TPSA) is 65.0 Å². The lowest BCUT2D eigenvalue weighted by atomic mass is 10.0. The zero-order valence-corrected chi connectivity index (χ0v) is 17.7. The summed E-state index contributed by atoms with van der Waals surface area (Å²) in [5.41, 5.74) is 1.36. The number of hydrogen-bond donors (Lipinski definition) is 0. The molecule has 0 unspecified atom stereocenters. The molecule has 8 heteroatoms. The number of aryl methyl sites for hydroxylation is 1. The van der Waals surface area contributed by atoms with Crippen molar-refractivity contribution in [2.24, 2.45) is 0 Å². The van der Waals surface area contributed by atoms with Gasteiger partial charge in [-0.1, -0.05) is 0 Å². The summed E-state index contributed by atoms with van der Waals surface area (Å²) in [4.78, 5) is 31.0. The standard InChI is InChI=1S/C20H34N6O2/c1-16-18(15-21-20(22-16)23(2)3)19(27)26(17-5-7-24(4)8-6-17)10-9-25-11-13-28-14-12-25/h15,17H,5-14H2,1-4H3. The van der Waals surface area contributed by atoms with Crippen molar-refractivity contribution in [1.82, 2.24) is 24.7 Å². The van der Waals surface area contributed by atoms with Gasteiger partial charge in [0.1, 0.15) is 0 Å². The summed E-state index contributed by atoms with van der Waals surface area (Å²) in [7, 11) is 5.96. The van der Waals surface area contributed by atoms with Crippen LogP contribution in [0.1, 0.15) is 28.9 Å². The minimum atomic E-state index is 0.0608. The highest BCUT2D eigenvalue weighted by atomic mass is 16.5. The Morgan fingerprint density at radius 3 is 2.50 bits per heavy atom. The van der Waals surface area contributed by atoms with Gasteiger partial charge >= 0.3 is 0 Å². The highest BCUT2D eigenvalue weighted by Gasteiger charge is 2.29. The van der Waals surface area contributed by atoms with Gasteiger partial charge in [0.15, 0.2) is 0 Å². The number of likely N-dealkylation sites (tertiary alicyclic amines) is 1. The lowest BCUT2D eigenvalue weighted by Crippen LogP contribution is -2.50. The predicted molar refractivity (Wildman–Crippen MR) is 110 cm³/mol. The number of anilines is 1. The minimum Gasteiger partial charge on any atom is -0.379 e. The fourth-order valence-electron chi connectivity index (χ4n) is 3.87. The van der Waals surface area contributed by atoms with Crippen LogP contribution in [0.15, 0.2) is 6.20 Å². The maximum Gasteiger partial charge on any atom is 0.257 e. The van der Waals surface area contributed by atoms with Gasteiger partial charge in [0.05, 0.1) is 24.5 Å². The number of ether oxygens (including phenoxy) is 1. The second kappa shape index (κ2) is 9.62. The molecule has 0 spiro atoms.